The molecular formula is C59H114O6. The number of esters is 3. The van der Waals surface area contributed by atoms with Crippen molar-refractivity contribution in [2.24, 2.45) is 0 Å². The minimum absolute atomic E-state index is 0.0613. The first-order valence-corrected chi connectivity index (χ1v) is 29.5. The summed E-state index contributed by atoms with van der Waals surface area (Å²) in [6.45, 7) is 6.69. The van der Waals surface area contributed by atoms with Gasteiger partial charge >= 0.3 is 17.9 Å². The maximum atomic E-state index is 12.8. The van der Waals surface area contributed by atoms with Gasteiger partial charge in [0.05, 0.1) is 0 Å². The molecule has 0 aromatic carbocycles. The van der Waals surface area contributed by atoms with Gasteiger partial charge in [0.2, 0.25) is 0 Å². The van der Waals surface area contributed by atoms with Crippen LogP contribution in [0.4, 0.5) is 0 Å². The molecule has 0 rings (SSSR count). The van der Waals surface area contributed by atoms with Crippen molar-refractivity contribution in [3.63, 3.8) is 0 Å². The highest BCUT2D eigenvalue weighted by Gasteiger charge is 2.19. The molecule has 6 heteroatoms. The quantitative estimate of drug-likeness (QED) is 0.0344. The van der Waals surface area contributed by atoms with Crippen LogP contribution in [0.5, 0.6) is 0 Å². The van der Waals surface area contributed by atoms with Gasteiger partial charge in [0.25, 0.3) is 0 Å². The zero-order valence-corrected chi connectivity index (χ0v) is 44.3. The second-order valence-electron chi connectivity index (χ2n) is 20.3. The third kappa shape index (κ3) is 53.2. The van der Waals surface area contributed by atoms with E-state index in [0.717, 1.165) is 57.8 Å². The van der Waals surface area contributed by atoms with E-state index in [9.17, 15) is 14.4 Å². The van der Waals surface area contributed by atoms with Crippen LogP contribution in [0.15, 0.2) is 0 Å². The Labute approximate surface area is 406 Å². The van der Waals surface area contributed by atoms with Crippen LogP contribution in [-0.4, -0.2) is 37.2 Å². The van der Waals surface area contributed by atoms with Crippen molar-refractivity contribution in [1.82, 2.24) is 0 Å². The molecule has 6 nitrogen and oxygen atoms in total. The fourth-order valence-corrected chi connectivity index (χ4v) is 9.15. The monoisotopic (exact) mass is 919 g/mol. The molecule has 0 spiro atoms. The summed E-state index contributed by atoms with van der Waals surface area (Å²) in [5, 5.41) is 0. The van der Waals surface area contributed by atoms with Crippen LogP contribution in [-0.2, 0) is 28.6 Å². The lowest BCUT2D eigenvalue weighted by atomic mass is 10.0. The number of hydrogen-bond acceptors (Lipinski definition) is 6. The van der Waals surface area contributed by atoms with E-state index in [2.05, 4.69) is 20.8 Å². The van der Waals surface area contributed by atoms with E-state index >= 15 is 0 Å². The first-order valence-electron chi connectivity index (χ1n) is 29.5. The van der Waals surface area contributed by atoms with E-state index in [1.807, 2.05) is 0 Å². The Morgan fingerprint density at radius 3 is 0.615 bits per heavy atom. The summed E-state index contributed by atoms with van der Waals surface area (Å²) in [6, 6.07) is 0. The predicted molar refractivity (Wildman–Crippen MR) is 280 cm³/mol. The van der Waals surface area contributed by atoms with Crippen molar-refractivity contribution in [3.05, 3.63) is 0 Å². The summed E-state index contributed by atoms with van der Waals surface area (Å²) < 4.78 is 16.9. The highest BCUT2D eigenvalue weighted by atomic mass is 16.6. The number of carbonyl (C=O) groups is 3. The predicted octanol–water partition coefficient (Wildman–Crippen LogP) is 19.5. The van der Waals surface area contributed by atoms with Gasteiger partial charge in [0.15, 0.2) is 6.10 Å². The van der Waals surface area contributed by atoms with Crippen LogP contribution in [0.3, 0.4) is 0 Å². The molecule has 0 fully saturated rings. The zero-order valence-electron chi connectivity index (χ0n) is 44.3. The zero-order chi connectivity index (χ0) is 47.2. The Morgan fingerprint density at radius 2 is 0.415 bits per heavy atom. The molecule has 0 radical (unpaired) electrons. The van der Waals surface area contributed by atoms with Crippen LogP contribution in [0.1, 0.15) is 342 Å². The fraction of sp³-hybridized carbons (Fsp3) is 0.949. The lowest BCUT2D eigenvalue weighted by Crippen LogP contribution is -2.30. The van der Waals surface area contributed by atoms with Crippen LogP contribution < -0.4 is 0 Å². The van der Waals surface area contributed by atoms with Gasteiger partial charge in [-0.05, 0) is 19.3 Å². The summed E-state index contributed by atoms with van der Waals surface area (Å²) in [5.41, 5.74) is 0. The summed E-state index contributed by atoms with van der Waals surface area (Å²) in [6.07, 6.45) is 61.1. The molecule has 0 aliphatic rings. The van der Waals surface area contributed by atoms with Gasteiger partial charge < -0.3 is 14.2 Å². The SMILES string of the molecule is CCCCCCCCCCCCCCCCCCCCCCCC(=O)OCC(COC(=O)CCCCCCCCCCC)OC(=O)CCCCCCCCCCCCCCCCCCC. The second-order valence-corrected chi connectivity index (χ2v) is 20.3. The molecule has 0 saturated carbocycles. The van der Waals surface area contributed by atoms with Gasteiger partial charge in [-0.3, -0.25) is 14.4 Å². The molecule has 0 amide bonds. The molecule has 0 aromatic heterocycles. The van der Waals surface area contributed by atoms with Gasteiger partial charge in [0, 0.05) is 19.3 Å². The first-order chi connectivity index (χ1) is 32.0. The topological polar surface area (TPSA) is 78.9 Å². The molecule has 0 bridgehead atoms. The first kappa shape index (κ1) is 63.4. The average molecular weight is 920 g/mol. The summed E-state index contributed by atoms with van der Waals surface area (Å²) in [7, 11) is 0. The standard InChI is InChI=1S/C59H114O6/c1-4-7-10-13-16-19-21-23-25-27-28-29-30-32-33-35-37-40-43-46-49-52-58(61)64-55-56(54-63-57(60)51-48-45-42-39-18-15-12-9-6-3)65-59(62)53-50-47-44-41-38-36-34-31-26-24-22-20-17-14-11-8-5-2/h56H,4-55H2,1-3H3. The second kappa shape index (κ2) is 55.0. The third-order valence-corrected chi connectivity index (χ3v) is 13.6. The number of ether oxygens (including phenoxy) is 3. The Bertz CT molecular complexity index is 967. The van der Waals surface area contributed by atoms with Crippen molar-refractivity contribution in [3.8, 4) is 0 Å². The molecule has 0 aliphatic carbocycles. The number of hydrogen-bond donors (Lipinski definition) is 0. The Morgan fingerprint density at radius 1 is 0.246 bits per heavy atom. The molecule has 0 aliphatic heterocycles. The molecule has 1 atom stereocenters. The van der Waals surface area contributed by atoms with E-state index in [4.69, 9.17) is 14.2 Å². The molecule has 386 valence electrons. The number of rotatable bonds is 55. The largest absolute Gasteiger partial charge is 0.462 e. The summed E-state index contributed by atoms with van der Waals surface area (Å²) >= 11 is 0. The van der Waals surface area contributed by atoms with E-state index in [0.29, 0.717) is 19.3 Å². The summed E-state index contributed by atoms with van der Waals surface area (Å²) in [5.74, 6) is -0.836. The minimum Gasteiger partial charge on any atom is -0.462 e. The third-order valence-electron chi connectivity index (χ3n) is 13.6. The molecular weight excluding hydrogens is 805 g/mol. The molecule has 0 aromatic rings. The maximum absolute atomic E-state index is 12.8. The smallest absolute Gasteiger partial charge is 0.306 e. The lowest BCUT2D eigenvalue weighted by Gasteiger charge is -2.18. The molecule has 0 heterocycles. The number of unbranched alkanes of at least 4 members (excludes halogenated alkanes) is 44. The van der Waals surface area contributed by atoms with Gasteiger partial charge in [-0.1, -0.05) is 303 Å². The average Bonchev–Trinajstić information content (AvgIpc) is 3.30. The molecule has 0 N–H and O–H groups in total. The van der Waals surface area contributed by atoms with Gasteiger partial charge in [0.1, 0.15) is 13.2 Å². The Balaban J connectivity index is 4.17. The Hall–Kier alpha value is -1.59. The van der Waals surface area contributed by atoms with Crippen molar-refractivity contribution in [1.29, 1.82) is 0 Å². The maximum Gasteiger partial charge on any atom is 0.306 e. The lowest BCUT2D eigenvalue weighted by molar-refractivity contribution is -0.167. The minimum atomic E-state index is -0.760. The van der Waals surface area contributed by atoms with E-state index in [1.54, 1.807) is 0 Å². The van der Waals surface area contributed by atoms with Crippen molar-refractivity contribution < 1.29 is 28.6 Å². The van der Waals surface area contributed by atoms with Crippen LogP contribution in [0.2, 0.25) is 0 Å². The highest BCUT2D eigenvalue weighted by molar-refractivity contribution is 5.71. The van der Waals surface area contributed by atoms with Crippen molar-refractivity contribution >= 4 is 17.9 Å². The van der Waals surface area contributed by atoms with Crippen LogP contribution in [0.25, 0.3) is 0 Å². The Kier molecular flexibility index (Phi) is 53.7. The van der Waals surface area contributed by atoms with E-state index < -0.39 is 6.10 Å². The van der Waals surface area contributed by atoms with Crippen molar-refractivity contribution in [2.75, 3.05) is 13.2 Å². The molecule has 65 heavy (non-hydrogen) atoms. The molecule has 0 saturated heterocycles. The highest BCUT2D eigenvalue weighted by Crippen LogP contribution is 2.18. The van der Waals surface area contributed by atoms with Crippen LogP contribution >= 0.6 is 0 Å². The van der Waals surface area contributed by atoms with Crippen molar-refractivity contribution in [2.45, 2.75) is 348 Å². The van der Waals surface area contributed by atoms with Gasteiger partial charge in [-0.25, -0.2) is 0 Å². The fourth-order valence-electron chi connectivity index (χ4n) is 9.15. The van der Waals surface area contributed by atoms with E-state index in [-0.39, 0.29) is 31.1 Å². The number of carbonyl (C=O) groups excluding carboxylic acids is 3. The van der Waals surface area contributed by atoms with Gasteiger partial charge in [-0.15, -0.1) is 0 Å². The van der Waals surface area contributed by atoms with Crippen LogP contribution in [0, 0.1) is 0 Å². The molecule has 1 unspecified atom stereocenters. The van der Waals surface area contributed by atoms with E-state index in [1.165, 1.54) is 244 Å². The normalized spacial score (nSPS) is 11.9. The summed E-state index contributed by atoms with van der Waals surface area (Å²) in [4.78, 5) is 38.0. The van der Waals surface area contributed by atoms with Gasteiger partial charge in [-0.2, -0.15) is 0 Å².